The first kappa shape index (κ1) is 12.0. The summed E-state index contributed by atoms with van der Waals surface area (Å²) in [6, 6.07) is 4.12. The van der Waals surface area contributed by atoms with E-state index in [2.05, 4.69) is 28.9 Å². The Bertz CT molecular complexity index is 386. The number of carbonyl (C=O) groups is 1. The van der Waals surface area contributed by atoms with Crippen LogP contribution in [0.25, 0.3) is 0 Å². The van der Waals surface area contributed by atoms with Crippen LogP contribution >= 0.6 is 0 Å². The monoisotopic (exact) mass is 233 g/mol. The number of aromatic nitrogens is 1. The first-order chi connectivity index (χ1) is 8.20. The van der Waals surface area contributed by atoms with Gasteiger partial charge in [0.1, 0.15) is 12.1 Å². The third-order valence-corrected chi connectivity index (χ3v) is 3.50. The minimum Gasteiger partial charge on any atom is -0.357 e. The highest BCUT2D eigenvalue weighted by Crippen LogP contribution is 2.20. The summed E-state index contributed by atoms with van der Waals surface area (Å²) in [5, 5.41) is 0. The number of rotatable bonds is 3. The van der Waals surface area contributed by atoms with E-state index in [-0.39, 0.29) is 0 Å². The van der Waals surface area contributed by atoms with Crippen molar-refractivity contribution in [2.75, 3.05) is 32.1 Å². The predicted octanol–water partition coefficient (Wildman–Crippen LogP) is 1.42. The number of carbonyl (C=O) groups excluding carboxylic acids is 1. The average molecular weight is 233 g/mol. The van der Waals surface area contributed by atoms with Crippen LogP contribution in [-0.2, 0) is 0 Å². The zero-order valence-electron chi connectivity index (χ0n) is 10.5. The van der Waals surface area contributed by atoms with Crippen LogP contribution in [0.5, 0.6) is 0 Å². The van der Waals surface area contributed by atoms with E-state index in [0.717, 1.165) is 38.0 Å². The molecule has 1 aromatic heterocycles. The molecule has 2 heterocycles. The number of nitrogens with zero attached hydrogens (tertiary/aromatic N) is 3. The van der Waals surface area contributed by atoms with Gasteiger partial charge in [0.25, 0.3) is 0 Å². The van der Waals surface area contributed by atoms with Crippen molar-refractivity contribution in [2.45, 2.75) is 18.9 Å². The molecule has 0 aromatic carbocycles. The molecular formula is C13H19N3O. The maximum Gasteiger partial charge on any atom is 0.150 e. The summed E-state index contributed by atoms with van der Waals surface area (Å²) in [7, 11) is 4.22. The summed E-state index contributed by atoms with van der Waals surface area (Å²) >= 11 is 0. The van der Waals surface area contributed by atoms with Gasteiger partial charge >= 0.3 is 0 Å². The van der Waals surface area contributed by atoms with Gasteiger partial charge in [-0.05, 0) is 45.1 Å². The molecule has 4 heteroatoms. The van der Waals surface area contributed by atoms with Crippen LogP contribution in [-0.4, -0.2) is 49.4 Å². The fourth-order valence-electron chi connectivity index (χ4n) is 2.27. The summed E-state index contributed by atoms with van der Waals surface area (Å²) in [5.74, 6) is 0.893. The molecule has 0 saturated carbocycles. The molecule has 0 bridgehead atoms. The molecule has 0 atom stereocenters. The Balaban J connectivity index is 2.08. The normalized spacial score (nSPS) is 18.0. The smallest absolute Gasteiger partial charge is 0.150 e. The Kier molecular flexibility index (Phi) is 3.74. The summed E-state index contributed by atoms with van der Waals surface area (Å²) in [6.45, 7) is 2.25. The Hall–Kier alpha value is -1.42. The van der Waals surface area contributed by atoms with Crippen molar-refractivity contribution in [3.8, 4) is 0 Å². The quantitative estimate of drug-likeness (QED) is 0.740. The van der Waals surface area contributed by atoms with Crippen molar-refractivity contribution in [1.29, 1.82) is 0 Å². The fraction of sp³-hybridized carbons (Fsp3) is 0.538. The number of hydrogen-bond acceptors (Lipinski definition) is 4. The zero-order chi connectivity index (χ0) is 12.3. The standard InChI is InChI=1S/C13H19N3O/c1-15-7-4-12(5-8-15)16(2)13-9-11(10-17)3-6-14-13/h3,6,9-10,12H,4-5,7-8H2,1-2H3. The summed E-state index contributed by atoms with van der Waals surface area (Å²) < 4.78 is 0. The van der Waals surface area contributed by atoms with E-state index in [9.17, 15) is 4.79 Å². The summed E-state index contributed by atoms with van der Waals surface area (Å²) in [4.78, 5) is 19.6. The van der Waals surface area contributed by atoms with Crippen molar-refractivity contribution in [3.63, 3.8) is 0 Å². The van der Waals surface area contributed by atoms with Crippen molar-refractivity contribution in [3.05, 3.63) is 23.9 Å². The molecule has 0 amide bonds. The second kappa shape index (κ2) is 5.27. The molecule has 1 aliphatic rings. The Morgan fingerprint density at radius 3 is 2.82 bits per heavy atom. The van der Waals surface area contributed by atoms with Crippen LogP contribution in [0.15, 0.2) is 18.3 Å². The highest BCUT2D eigenvalue weighted by atomic mass is 16.1. The lowest BCUT2D eigenvalue weighted by Gasteiger charge is -2.35. The minimum atomic E-state index is 0.528. The van der Waals surface area contributed by atoms with Crippen LogP contribution in [0.3, 0.4) is 0 Å². The third kappa shape index (κ3) is 2.82. The second-order valence-electron chi connectivity index (χ2n) is 4.71. The Morgan fingerprint density at radius 2 is 2.18 bits per heavy atom. The van der Waals surface area contributed by atoms with Gasteiger partial charge in [0.15, 0.2) is 0 Å². The van der Waals surface area contributed by atoms with E-state index in [1.54, 1.807) is 12.3 Å². The minimum absolute atomic E-state index is 0.528. The van der Waals surface area contributed by atoms with Crippen LogP contribution < -0.4 is 4.90 Å². The molecule has 0 N–H and O–H groups in total. The van der Waals surface area contributed by atoms with E-state index < -0.39 is 0 Å². The van der Waals surface area contributed by atoms with Gasteiger partial charge in [-0.25, -0.2) is 4.98 Å². The second-order valence-corrected chi connectivity index (χ2v) is 4.71. The molecule has 92 valence electrons. The highest BCUT2D eigenvalue weighted by Gasteiger charge is 2.21. The number of piperidine rings is 1. The maximum absolute atomic E-state index is 10.7. The lowest BCUT2D eigenvalue weighted by atomic mass is 10.0. The predicted molar refractivity (Wildman–Crippen MR) is 68.5 cm³/mol. The average Bonchev–Trinajstić information content (AvgIpc) is 2.39. The lowest BCUT2D eigenvalue weighted by Crippen LogP contribution is -2.42. The van der Waals surface area contributed by atoms with Crippen molar-refractivity contribution < 1.29 is 4.79 Å². The van der Waals surface area contributed by atoms with Crippen LogP contribution in [0.2, 0.25) is 0 Å². The van der Waals surface area contributed by atoms with E-state index in [4.69, 9.17) is 0 Å². The van der Waals surface area contributed by atoms with Gasteiger partial charge in [-0.2, -0.15) is 0 Å². The number of aldehydes is 1. The van der Waals surface area contributed by atoms with Crippen molar-refractivity contribution in [2.24, 2.45) is 0 Å². The van der Waals surface area contributed by atoms with E-state index >= 15 is 0 Å². The number of anilines is 1. The molecule has 1 fully saturated rings. The molecule has 1 aromatic rings. The molecular weight excluding hydrogens is 214 g/mol. The van der Waals surface area contributed by atoms with Gasteiger partial charge in [-0.15, -0.1) is 0 Å². The Labute approximate surface area is 102 Å². The Morgan fingerprint density at radius 1 is 1.47 bits per heavy atom. The number of hydrogen-bond donors (Lipinski definition) is 0. The molecule has 0 unspecified atom stereocenters. The topological polar surface area (TPSA) is 36.4 Å². The number of pyridine rings is 1. The zero-order valence-corrected chi connectivity index (χ0v) is 10.5. The van der Waals surface area contributed by atoms with E-state index in [0.29, 0.717) is 11.6 Å². The molecule has 17 heavy (non-hydrogen) atoms. The lowest BCUT2D eigenvalue weighted by molar-refractivity contribution is 0.112. The maximum atomic E-state index is 10.7. The molecule has 1 saturated heterocycles. The van der Waals surface area contributed by atoms with Crippen molar-refractivity contribution >= 4 is 12.1 Å². The van der Waals surface area contributed by atoms with Gasteiger partial charge in [0, 0.05) is 24.8 Å². The molecule has 1 aliphatic heterocycles. The van der Waals surface area contributed by atoms with Crippen LogP contribution in [0.1, 0.15) is 23.2 Å². The van der Waals surface area contributed by atoms with Gasteiger partial charge in [0.05, 0.1) is 0 Å². The largest absolute Gasteiger partial charge is 0.357 e. The summed E-state index contributed by atoms with van der Waals surface area (Å²) in [6.07, 6.45) is 4.87. The van der Waals surface area contributed by atoms with Gasteiger partial charge in [-0.1, -0.05) is 0 Å². The van der Waals surface area contributed by atoms with Crippen LogP contribution in [0, 0.1) is 0 Å². The number of likely N-dealkylation sites (tertiary alicyclic amines) is 1. The first-order valence-electron chi connectivity index (χ1n) is 6.03. The molecule has 2 rings (SSSR count). The SMILES string of the molecule is CN1CCC(N(C)c2cc(C=O)ccn2)CC1. The summed E-state index contributed by atoms with van der Waals surface area (Å²) in [5.41, 5.74) is 0.690. The third-order valence-electron chi connectivity index (χ3n) is 3.50. The molecule has 0 radical (unpaired) electrons. The van der Waals surface area contributed by atoms with Gasteiger partial charge < -0.3 is 9.80 Å². The van der Waals surface area contributed by atoms with Gasteiger partial charge in [0.2, 0.25) is 0 Å². The van der Waals surface area contributed by atoms with Crippen LogP contribution in [0.4, 0.5) is 5.82 Å². The van der Waals surface area contributed by atoms with Gasteiger partial charge in [-0.3, -0.25) is 4.79 Å². The van der Waals surface area contributed by atoms with E-state index in [1.807, 2.05) is 6.07 Å². The van der Waals surface area contributed by atoms with Crippen molar-refractivity contribution in [1.82, 2.24) is 9.88 Å². The molecule has 0 aliphatic carbocycles. The first-order valence-corrected chi connectivity index (χ1v) is 6.03. The van der Waals surface area contributed by atoms with E-state index in [1.165, 1.54) is 0 Å². The fourth-order valence-corrected chi connectivity index (χ4v) is 2.27. The molecule has 4 nitrogen and oxygen atoms in total. The highest BCUT2D eigenvalue weighted by molar-refractivity contribution is 5.76. The molecule has 0 spiro atoms.